The highest BCUT2D eigenvalue weighted by molar-refractivity contribution is 5.99. The fraction of sp³-hybridized carbons (Fsp3) is 0. The molecular formula is C21H18N4O. The molecule has 2 heterocycles. The van der Waals surface area contributed by atoms with E-state index in [9.17, 15) is 4.79 Å². The zero-order valence-electron chi connectivity index (χ0n) is 14.0. The normalized spacial score (nSPS) is 11.7. The molecule has 5 nitrogen and oxygen atoms in total. The number of carbonyl (C=O) groups is 1. The van der Waals surface area contributed by atoms with Gasteiger partial charge in [-0.2, -0.15) is 0 Å². The maximum atomic E-state index is 11.9. The molecule has 0 atom stereocenters. The van der Waals surface area contributed by atoms with Gasteiger partial charge in [0.25, 0.3) is 0 Å². The molecule has 0 aliphatic carbocycles. The largest absolute Gasteiger partial charge is 0.362 e. The number of rotatable bonds is 6. The van der Waals surface area contributed by atoms with Crippen LogP contribution in [0.4, 0.5) is 11.4 Å². The van der Waals surface area contributed by atoms with E-state index in [0.717, 1.165) is 33.2 Å². The molecule has 128 valence electrons. The number of allylic oxidation sites excluding steroid dienone is 2. The van der Waals surface area contributed by atoms with E-state index in [2.05, 4.69) is 20.6 Å². The highest BCUT2D eigenvalue weighted by atomic mass is 16.1. The Kier molecular flexibility index (Phi) is 4.26. The molecule has 4 rings (SSSR count). The van der Waals surface area contributed by atoms with Gasteiger partial charge in [0.05, 0.1) is 0 Å². The molecule has 26 heavy (non-hydrogen) atoms. The van der Waals surface area contributed by atoms with Crippen LogP contribution >= 0.6 is 0 Å². The second kappa shape index (κ2) is 7.03. The van der Waals surface area contributed by atoms with Gasteiger partial charge in [0.15, 0.2) is 5.78 Å². The monoisotopic (exact) mass is 342 g/mol. The molecule has 0 saturated carbocycles. The fourth-order valence-corrected chi connectivity index (χ4v) is 2.78. The van der Waals surface area contributed by atoms with Crippen LogP contribution in [0.2, 0.25) is 0 Å². The van der Waals surface area contributed by atoms with E-state index in [4.69, 9.17) is 0 Å². The van der Waals surface area contributed by atoms with Crippen molar-refractivity contribution in [2.45, 2.75) is 0 Å². The standard InChI is InChI=1S/C21H18N4O/c26-19(7-11-22-17-1-3-20-15(13-17)5-9-24-20)8-12-23-18-2-4-21-16(14-18)6-10-25-21/h1-14,22-25H. The van der Waals surface area contributed by atoms with Crippen molar-refractivity contribution in [1.82, 2.24) is 9.97 Å². The Labute approximate surface area is 150 Å². The Balaban J connectivity index is 1.32. The smallest absolute Gasteiger partial charge is 0.181 e. The van der Waals surface area contributed by atoms with Crippen LogP contribution in [-0.4, -0.2) is 15.8 Å². The lowest BCUT2D eigenvalue weighted by Crippen LogP contribution is -1.93. The minimum absolute atomic E-state index is 0.101. The summed E-state index contributed by atoms with van der Waals surface area (Å²) in [4.78, 5) is 18.2. The number of nitrogens with one attached hydrogen (secondary N) is 4. The van der Waals surface area contributed by atoms with Crippen LogP contribution in [-0.2, 0) is 4.79 Å². The zero-order chi connectivity index (χ0) is 17.8. The van der Waals surface area contributed by atoms with Crippen LogP contribution in [0.15, 0.2) is 85.5 Å². The summed E-state index contributed by atoms with van der Waals surface area (Å²) >= 11 is 0. The van der Waals surface area contributed by atoms with Gasteiger partial charge in [-0.15, -0.1) is 0 Å². The number of ketones is 1. The molecule has 4 N–H and O–H groups in total. The van der Waals surface area contributed by atoms with Crippen molar-refractivity contribution in [1.29, 1.82) is 0 Å². The number of anilines is 2. The Morgan fingerprint density at radius 2 is 1.23 bits per heavy atom. The quantitative estimate of drug-likeness (QED) is 0.381. The topological polar surface area (TPSA) is 72.7 Å². The predicted molar refractivity (Wildman–Crippen MR) is 107 cm³/mol. The minimum atomic E-state index is -0.101. The second-order valence-electron chi connectivity index (χ2n) is 5.92. The van der Waals surface area contributed by atoms with Crippen molar-refractivity contribution >= 4 is 39.0 Å². The summed E-state index contributed by atoms with van der Waals surface area (Å²) < 4.78 is 0. The first-order valence-corrected chi connectivity index (χ1v) is 8.32. The van der Waals surface area contributed by atoms with Gasteiger partial charge in [0, 0.05) is 70.1 Å². The van der Waals surface area contributed by atoms with Gasteiger partial charge < -0.3 is 20.6 Å². The minimum Gasteiger partial charge on any atom is -0.362 e. The van der Waals surface area contributed by atoms with Gasteiger partial charge in [-0.3, -0.25) is 4.79 Å². The van der Waals surface area contributed by atoms with E-state index in [-0.39, 0.29) is 5.78 Å². The Hall–Kier alpha value is -3.73. The van der Waals surface area contributed by atoms with Gasteiger partial charge in [-0.05, 0) is 48.5 Å². The summed E-state index contributed by atoms with van der Waals surface area (Å²) in [5, 5.41) is 8.47. The maximum Gasteiger partial charge on any atom is 0.181 e. The molecule has 4 aromatic rings. The van der Waals surface area contributed by atoms with Crippen LogP contribution in [0.25, 0.3) is 21.8 Å². The maximum absolute atomic E-state index is 11.9. The third-order valence-electron chi connectivity index (χ3n) is 4.10. The van der Waals surface area contributed by atoms with Gasteiger partial charge in [0.1, 0.15) is 0 Å². The van der Waals surface area contributed by atoms with E-state index in [1.165, 1.54) is 12.2 Å². The van der Waals surface area contributed by atoms with E-state index in [0.29, 0.717) is 0 Å². The van der Waals surface area contributed by atoms with Gasteiger partial charge >= 0.3 is 0 Å². The summed E-state index contributed by atoms with van der Waals surface area (Å²) in [7, 11) is 0. The van der Waals surface area contributed by atoms with Crippen molar-refractivity contribution < 1.29 is 4.79 Å². The number of aromatic amines is 2. The number of benzene rings is 2. The van der Waals surface area contributed by atoms with E-state index < -0.39 is 0 Å². The van der Waals surface area contributed by atoms with Crippen molar-refractivity contribution in [3.63, 3.8) is 0 Å². The van der Waals surface area contributed by atoms with Crippen LogP contribution in [0.3, 0.4) is 0 Å². The highest BCUT2D eigenvalue weighted by Gasteiger charge is 1.97. The Bertz CT molecular complexity index is 1030. The molecule has 0 saturated heterocycles. The number of fused-ring (bicyclic) bond motifs is 2. The van der Waals surface area contributed by atoms with E-state index >= 15 is 0 Å². The third-order valence-corrected chi connectivity index (χ3v) is 4.10. The Morgan fingerprint density at radius 3 is 1.73 bits per heavy atom. The molecule has 0 aliphatic heterocycles. The summed E-state index contributed by atoms with van der Waals surface area (Å²) in [6.45, 7) is 0. The SMILES string of the molecule is O=C(C=CNc1ccc2[nH]ccc2c1)C=CNc1ccc2[nH]ccc2c1. The number of aromatic nitrogens is 2. The molecule has 0 unspecified atom stereocenters. The third kappa shape index (κ3) is 3.52. The molecule has 0 radical (unpaired) electrons. The zero-order valence-corrected chi connectivity index (χ0v) is 14.0. The lowest BCUT2D eigenvalue weighted by molar-refractivity contribution is -0.110. The molecule has 5 heteroatoms. The molecule has 0 bridgehead atoms. The van der Waals surface area contributed by atoms with E-state index in [1.807, 2.05) is 60.9 Å². The number of H-pyrrole nitrogens is 2. The molecule has 0 aliphatic rings. The van der Waals surface area contributed by atoms with Gasteiger partial charge in [0.2, 0.25) is 0 Å². The molecule has 0 spiro atoms. The summed E-state index contributed by atoms with van der Waals surface area (Å²) in [6, 6.07) is 16.0. The average Bonchev–Trinajstić information content (AvgIpc) is 3.29. The Morgan fingerprint density at radius 1 is 0.731 bits per heavy atom. The lowest BCUT2D eigenvalue weighted by Gasteiger charge is -2.01. The first-order valence-electron chi connectivity index (χ1n) is 8.32. The van der Waals surface area contributed by atoms with Crippen molar-refractivity contribution in [3.8, 4) is 0 Å². The fourth-order valence-electron chi connectivity index (χ4n) is 2.78. The van der Waals surface area contributed by atoms with Crippen molar-refractivity contribution in [2.75, 3.05) is 10.6 Å². The van der Waals surface area contributed by atoms with Crippen molar-refractivity contribution in [2.24, 2.45) is 0 Å². The molecular weight excluding hydrogens is 324 g/mol. The van der Waals surface area contributed by atoms with Gasteiger partial charge in [-0.1, -0.05) is 0 Å². The van der Waals surface area contributed by atoms with Crippen LogP contribution in [0.1, 0.15) is 0 Å². The molecule has 2 aromatic carbocycles. The van der Waals surface area contributed by atoms with Crippen LogP contribution in [0, 0.1) is 0 Å². The van der Waals surface area contributed by atoms with Crippen LogP contribution in [0.5, 0.6) is 0 Å². The highest BCUT2D eigenvalue weighted by Crippen LogP contribution is 2.18. The summed E-state index contributed by atoms with van der Waals surface area (Å²) in [6.07, 6.45) is 10.1. The molecule has 0 fully saturated rings. The lowest BCUT2D eigenvalue weighted by atomic mass is 10.2. The summed E-state index contributed by atoms with van der Waals surface area (Å²) in [5.41, 5.74) is 4.04. The first kappa shape index (κ1) is 15.8. The van der Waals surface area contributed by atoms with E-state index in [1.54, 1.807) is 12.4 Å². The average molecular weight is 342 g/mol. The number of hydrogen-bond donors (Lipinski definition) is 4. The predicted octanol–water partition coefficient (Wildman–Crippen LogP) is 4.77. The van der Waals surface area contributed by atoms with Gasteiger partial charge in [-0.25, -0.2) is 0 Å². The second-order valence-corrected chi connectivity index (χ2v) is 5.92. The number of carbonyl (C=O) groups excluding carboxylic acids is 1. The number of hydrogen-bond acceptors (Lipinski definition) is 3. The molecule has 2 aromatic heterocycles. The first-order chi connectivity index (χ1) is 12.8. The van der Waals surface area contributed by atoms with Crippen LogP contribution < -0.4 is 10.6 Å². The summed E-state index contributed by atoms with van der Waals surface area (Å²) in [5.74, 6) is -0.101. The van der Waals surface area contributed by atoms with Crippen molar-refractivity contribution in [3.05, 3.63) is 85.5 Å². The molecule has 0 amide bonds.